The highest BCUT2D eigenvalue weighted by atomic mass is 16.5. The number of amides is 1. The summed E-state index contributed by atoms with van der Waals surface area (Å²) < 4.78 is 11.2. The summed E-state index contributed by atoms with van der Waals surface area (Å²) in [7, 11) is 5.76. The topological polar surface area (TPSA) is 45.9 Å². The van der Waals surface area contributed by atoms with Gasteiger partial charge in [0, 0.05) is 37.2 Å². The van der Waals surface area contributed by atoms with E-state index in [9.17, 15) is 4.79 Å². The maximum absolute atomic E-state index is 13.0. The van der Waals surface area contributed by atoms with Crippen LogP contribution in [-0.4, -0.2) is 56.0 Å². The Balaban J connectivity index is 1.94. The molecule has 2 atom stereocenters. The number of furan rings is 1. The predicted molar refractivity (Wildman–Crippen MR) is 89.5 cm³/mol. The van der Waals surface area contributed by atoms with Gasteiger partial charge in [0.05, 0.1) is 6.61 Å². The zero-order valence-corrected chi connectivity index (χ0v) is 14.2. The van der Waals surface area contributed by atoms with Crippen molar-refractivity contribution >= 4 is 16.9 Å². The predicted octanol–water partition coefficient (Wildman–Crippen LogP) is 2.60. The van der Waals surface area contributed by atoms with Gasteiger partial charge in [0.1, 0.15) is 5.58 Å². The molecule has 1 fully saturated rings. The average Bonchev–Trinajstić information content (AvgIpc) is 3.09. The Kier molecular flexibility index (Phi) is 4.41. The van der Waals surface area contributed by atoms with E-state index in [0.717, 1.165) is 29.6 Å². The van der Waals surface area contributed by atoms with Gasteiger partial charge in [-0.15, -0.1) is 0 Å². The van der Waals surface area contributed by atoms with Crippen LogP contribution in [0.15, 0.2) is 28.7 Å². The number of nitrogens with zero attached hydrogens (tertiary/aromatic N) is 2. The number of methoxy groups -OCH3 is 1. The number of likely N-dealkylation sites (N-methyl/N-ethyl adjacent to an activating group) is 1. The molecule has 5 nitrogen and oxygen atoms in total. The Hall–Kier alpha value is -1.85. The molecule has 0 bridgehead atoms. The third-order valence-corrected chi connectivity index (χ3v) is 4.70. The van der Waals surface area contributed by atoms with Crippen LogP contribution < -0.4 is 0 Å². The highest BCUT2D eigenvalue weighted by Gasteiger charge is 2.36. The number of carbonyl (C=O) groups excluding carboxylic acids is 1. The second kappa shape index (κ2) is 6.34. The number of fused-ring (bicyclic) bond motifs is 1. The lowest BCUT2D eigenvalue weighted by molar-refractivity contribution is 0.0745. The normalized spacial score (nSPS) is 21.5. The fourth-order valence-electron chi connectivity index (χ4n) is 3.49. The first-order valence-electron chi connectivity index (χ1n) is 7.98. The van der Waals surface area contributed by atoms with E-state index in [1.54, 1.807) is 7.11 Å². The molecule has 124 valence electrons. The Labute approximate surface area is 136 Å². The zero-order valence-electron chi connectivity index (χ0n) is 14.2. The summed E-state index contributed by atoms with van der Waals surface area (Å²) in [5.41, 5.74) is 1.58. The van der Waals surface area contributed by atoms with Crippen LogP contribution in [0.4, 0.5) is 0 Å². The van der Waals surface area contributed by atoms with E-state index < -0.39 is 0 Å². The van der Waals surface area contributed by atoms with E-state index in [1.165, 1.54) is 0 Å². The van der Waals surface area contributed by atoms with Crippen molar-refractivity contribution in [2.75, 3.05) is 34.3 Å². The number of carbonyl (C=O) groups is 1. The van der Waals surface area contributed by atoms with Gasteiger partial charge < -0.3 is 19.0 Å². The third-order valence-electron chi connectivity index (χ3n) is 4.70. The fraction of sp³-hybridized carbons (Fsp3) is 0.500. The highest BCUT2D eigenvalue weighted by Crippen LogP contribution is 2.29. The summed E-state index contributed by atoms with van der Waals surface area (Å²) in [5.74, 6) is 0.827. The van der Waals surface area contributed by atoms with Crippen molar-refractivity contribution in [3.63, 3.8) is 0 Å². The van der Waals surface area contributed by atoms with Crippen molar-refractivity contribution in [2.45, 2.75) is 19.6 Å². The van der Waals surface area contributed by atoms with E-state index >= 15 is 0 Å². The maximum Gasteiger partial charge on any atom is 0.290 e. The first kappa shape index (κ1) is 16.0. The van der Waals surface area contributed by atoms with Crippen LogP contribution in [0.3, 0.4) is 0 Å². The molecule has 1 aromatic carbocycles. The van der Waals surface area contributed by atoms with Gasteiger partial charge in [-0.25, -0.2) is 0 Å². The summed E-state index contributed by atoms with van der Waals surface area (Å²) in [6, 6.07) is 8.11. The first-order chi connectivity index (χ1) is 11.0. The number of likely N-dealkylation sites (tertiary alicyclic amines) is 1. The molecule has 0 aliphatic carbocycles. The van der Waals surface area contributed by atoms with Crippen LogP contribution in [0, 0.1) is 5.92 Å². The van der Waals surface area contributed by atoms with Crippen LogP contribution in [0.5, 0.6) is 0 Å². The number of ether oxygens (including phenoxy) is 1. The van der Waals surface area contributed by atoms with Gasteiger partial charge in [0.15, 0.2) is 5.76 Å². The number of para-hydroxylation sites is 1. The van der Waals surface area contributed by atoms with Crippen molar-refractivity contribution < 1.29 is 13.9 Å². The van der Waals surface area contributed by atoms with Gasteiger partial charge in [0.25, 0.3) is 5.91 Å². The fourth-order valence-corrected chi connectivity index (χ4v) is 3.49. The quantitative estimate of drug-likeness (QED) is 0.870. The molecule has 1 aromatic heterocycles. The Morgan fingerprint density at radius 2 is 2.09 bits per heavy atom. The lowest BCUT2D eigenvalue weighted by Gasteiger charge is -2.22. The molecule has 1 aliphatic heterocycles. The molecule has 0 saturated carbocycles. The molecule has 3 rings (SSSR count). The van der Waals surface area contributed by atoms with E-state index in [-0.39, 0.29) is 5.91 Å². The lowest BCUT2D eigenvalue weighted by atomic mass is 10.1. The molecule has 23 heavy (non-hydrogen) atoms. The minimum absolute atomic E-state index is 0.0375. The Morgan fingerprint density at radius 1 is 1.35 bits per heavy atom. The van der Waals surface area contributed by atoms with Gasteiger partial charge in [-0.3, -0.25) is 4.79 Å². The number of hydrogen-bond donors (Lipinski definition) is 0. The van der Waals surface area contributed by atoms with Crippen molar-refractivity contribution in [3.8, 4) is 0 Å². The molecule has 2 heterocycles. The summed E-state index contributed by atoms with van der Waals surface area (Å²) in [4.78, 5) is 17.1. The van der Waals surface area contributed by atoms with Crippen molar-refractivity contribution in [2.24, 2.45) is 5.92 Å². The van der Waals surface area contributed by atoms with Crippen molar-refractivity contribution in [1.29, 1.82) is 0 Å². The second-order valence-electron chi connectivity index (χ2n) is 6.56. The Bertz CT molecular complexity index is 707. The van der Waals surface area contributed by atoms with Gasteiger partial charge in [-0.2, -0.15) is 0 Å². The first-order valence-corrected chi connectivity index (χ1v) is 7.98. The second-order valence-corrected chi connectivity index (χ2v) is 6.56. The standard InChI is InChI=1S/C18H24N2O3/c1-12-9-20(10-15(12)19(2)3)18(21)17-14(11-22-4)13-7-5-6-8-16(13)23-17/h5-8,12,15H,9-11H2,1-4H3/t12-,15+/m1/s1. The van der Waals surface area contributed by atoms with Crippen LogP contribution in [0.2, 0.25) is 0 Å². The van der Waals surface area contributed by atoms with Crippen molar-refractivity contribution in [3.05, 3.63) is 35.6 Å². The van der Waals surface area contributed by atoms with Crippen LogP contribution in [0.1, 0.15) is 23.0 Å². The lowest BCUT2D eigenvalue weighted by Crippen LogP contribution is -2.35. The molecular weight excluding hydrogens is 292 g/mol. The van der Waals surface area contributed by atoms with E-state index in [4.69, 9.17) is 9.15 Å². The summed E-state index contributed by atoms with van der Waals surface area (Å²) in [6.07, 6.45) is 0. The van der Waals surface area contributed by atoms with E-state index in [0.29, 0.717) is 24.3 Å². The zero-order chi connectivity index (χ0) is 16.6. The SMILES string of the molecule is COCc1c(C(=O)N2C[C@@H](C)[C@@H](N(C)C)C2)oc2ccccc12. The molecule has 0 unspecified atom stereocenters. The molecule has 2 aromatic rings. The summed E-state index contributed by atoms with van der Waals surface area (Å²) >= 11 is 0. The van der Waals surface area contributed by atoms with Crippen LogP contribution in [-0.2, 0) is 11.3 Å². The van der Waals surface area contributed by atoms with Crippen molar-refractivity contribution in [1.82, 2.24) is 9.80 Å². The van der Waals surface area contributed by atoms with Gasteiger partial charge >= 0.3 is 0 Å². The molecule has 5 heteroatoms. The molecule has 1 saturated heterocycles. The van der Waals surface area contributed by atoms with Gasteiger partial charge in [-0.05, 0) is 26.1 Å². The average molecular weight is 316 g/mol. The summed E-state index contributed by atoms with van der Waals surface area (Å²) in [6.45, 7) is 4.05. The monoisotopic (exact) mass is 316 g/mol. The molecule has 0 N–H and O–H groups in total. The van der Waals surface area contributed by atoms with Crippen LogP contribution in [0.25, 0.3) is 11.0 Å². The maximum atomic E-state index is 13.0. The van der Waals surface area contributed by atoms with E-state index in [1.807, 2.05) is 29.2 Å². The summed E-state index contributed by atoms with van der Waals surface area (Å²) in [5, 5.41) is 0.953. The number of benzene rings is 1. The molecule has 0 radical (unpaired) electrons. The number of rotatable bonds is 4. The molecule has 1 aliphatic rings. The largest absolute Gasteiger partial charge is 0.451 e. The third kappa shape index (κ3) is 2.86. The number of hydrogen-bond acceptors (Lipinski definition) is 4. The van der Waals surface area contributed by atoms with Gasteiger partial charge in [0.2, 0.25) is 0 Å². The molecular formula is C18H24N2O3. The smallest absolute Gasteiger partial charge is 0.290 e. The van der Waals surface area contributed by atoms with Crippen LogP contribution >= 0.6 is 0 Å². The highest BCUT2D eigenvalue weighted by molar-refractivity contribution is 5.99. The minimum atomic E-state index is -0.0375. The van der Waals surface area contributed by atoms with E-state index in [2.05, 4.69) is 25.9 Å². The van der Waals surface area contributed by atoms with Gasteiger partial charge in [-0.1, -0.05) is 25.1 Å². The minimum Gasteiger partial charge on any atom is -0.451 e. The Morgan fingerprint density at radius 3 is 2.74 bits per heavy atom. The molecule has 0 spiro atoms. The molecule has 1 amide bonds.